The van der Waals surface area contributed by atoms with Crippen molar-refractivity contribution < 1.29 is 71.1 Å². The van der Waals surface area contributed by atoms with Gasteiger partial charge in [-0.15, -0.1) is 0 Å². The van der Waals surface area contributed by atoms with Crippen molar-refractivity contribution in [3.8, 4) is 0 Å². The number of aromatic nitrogens is 2. The fraction of sp³-hybridized carbons (Fsp3) is 0.646. The van der Waals surface area contributed by atoms with Crippen LogP contribution in [0.5, 0.6) is 0 Å². The van der Waals surface area contributed by atoms with E-state index in [2.05, 4.69) is 53.5 Å². The largest absolute Gasteiger partial charge is 0.481 e. The van der Waals surface area contributed by atoms with Crippen LogP contribution in [0.1, 0.15) is 155 Å². The third kappa shape index (κ3) is 29.2. The van der Waals surface area contributed by atoms with Gasteiger partial charge in [0.05, 0.1) is 13.2 Å². The van der Waals surface area contributed by atoms with Gasteiger partial charge >= 0.3 is 33.3 Å². The Morgan fingerprint density at radius 3 is 2.01 bits per heavy atom. The van der Waals surface area contributed by atoms with Crippen molar-refractivity contribution in [3.63, 3.8) is 0 Å². The maximum absolute atomic E-state index is 12.8. The van der Waals surface area contributed by atoms with Gasteiger partial charge in [0.15, 0.2) is 18.1 Å². The molecule has 0 amide bonds. The summed E-state index contributed by atoms with van der Waals surface area (Å²) in [5.74, 6) is -1.78. The van der Waals surface area contributed by atoms with Crippen LogP contribution in [-0.2, 0) is 51.1 Å². The van der Waals surface area contributed by atoms with Gasteiger partial charge in [-0.1, -0.05) is 120 Å². The van der Waals surface area contributed by atoms with Crippen LogP contribution in [0.2, 0.25) is 0 Å². The van der Waals surface area contributed by atoms with Crippen LogP contribution in [0, 0.1) is 0 Å². The van der Waals surface area contributed by atoms with Crippen LogP contribution in [-0.4, -0.2) is 91.5 Å². The van der Waals surface area contributed by atoms with Gasteiger partial charge in [-0.25, -0.2) is 13.9 Å². The number of carbonyl (C=O) groups excluding carboxylic acids is 3. The number of anilines is 1. The number of nitrogens with zero attached hydrogens (tertiary/aromatic N) is 2. The topological polar surface area (TPSA) is 283 Å². The standard InChI is InChI=1S/C48H77N3O16P2/c1-3-5-7-9-11-13-15-17-19-21-23-25-27-30-39(52)31-29-33-43(53)62-36-40(65-44(54)32-28-26-24-22-20-18-16-14-12-10-8-6-4-2)37-63-68(58,59)67-69(60,61)64-38-41-45(55)46(56)47(66-41)51-35-34-42(49)50-48(51)57/h11,13-14,16-17,19,23,25,27,30,34-35,40-41,45-47,55-56H,3-10,12,15,18,20-22,24,26,28-29,31-33,36-38H2,1-2H3,(H,58,59)(H,60,61)(H2,49,50,57)/b13-11-,16-14-,19-17-,25-23-,30-27+/t40-,41-,45-,46-,47-/m1/s1. The van der Waals surface area contributed by atoms with Crippen molar-refractivity contribution in [2.45, 2.75) is 179 Å². The average Bonchev–Trinajstić information content (AvgIpc) is 3.58. The van der Waals surface area contributed by atoms with E-state index in [-0.39, 0.29) is 37.3 Å². The van der Waals surface area contributed by atoms with Crippen LogP contribution in [0.25, 0.3) is 0 Å². The third-order valence-electron chi connectivity index (χ3n) is 10.6. The first-order valence-corrected chi connectivity index (χ1v) is 27.2. The average molecular weight is 1010 g/mol. The highest BCUT2D eigenvalue weighted by Crippen LogP contribution is 2.60. The number of carbonyl (C=O) groups is 3. The number of nitrogens with two attached hydrogens (primary N) is 1. The number of phosphoric acid groups is 2. The van der Waals surface area contributed by atoms with Crippen molar-refractivity contribution in [2.24, 2.45) is 0 Å². The monoisotopic (exact) mass is 1010 g/mol. The molecule has 21 heteroatoms. The molecule has 1 fully saturated rings. The molecule has 6 N–H and O–H groups in total. The molecule has 0 spiro atoms. The molecule has 390 valence electrons. The summed E-state index contributed by atoms with van der Waals surface area (Å²) in [6, 6.07) is 1.23. The zero-order valence-electron chi connectivity index (χ0n) is 40.3. The number of unbranched alkanes of at least 4 members (excludes halogenated alkanes) is 12. The number of hydrogen-bond acceptors (Lipinski definition) is 16. The predicted octanol–water partition coefficient (Wildman–Crippen LogP) is 8.73. The van der Waals surface area contributed by atoms with Gasteiger partial charge in [-0.05, 0) is 76.4 Å². The number of allylic oxidation sites excluding steroid dienone is 10. The van der Waals surface area contributed by atoms with Gasteiger partial charge in [0.1, 0.15) is 30.7 Å². The molecular weight excluding hydrogens is 936 g/mol. The molecule has 0 saturated carbocycles. The molecule has 2 rings (SSSR count). The predicted molar refractivity (Wildman–Crippen MR) is 261 cm³/mol. The molecule has 2 unspecified atom stereocenters. The number of ketones is 1. The highest BCUT2D eigenvalue weighted by Gasteiger charge is 2.46. The van der Waals surface area contributed by atoms with Crippen molar-refractivity contribution in [1.82, 2.24) is 9.55 Å². The summed E-state index contributed by atoms with van der Waals surface area (Å²) < 4.78 is 56.4. The van der Waals surface area contributed by atoms with E-state index in [9.17, 15) is 48.3 Å². The second-order valence-electron chi connectivity index (χ2n) is 16.6. The Morgan fingerprint density at radius 2 is 1.32 bits per heavy atom. The number of esters is 2. The minimum atomic E-state index is -5.47. The molecular formula is C48H77N3O16P2. The Labute approximate surface area is 407 Å². The molecule has 7 atom stereocenters. The lowest BCUT2D eigenvalue weighted by Gasteiger charge is -2.21. The summed E-state index contributed by atoms with van der Waals surface area (Å²) in [7, 11) is -10.9. The second-order valence-corrected chi connectivity index (χ2v) is 19.7. The summed E-state index contributed by atoms with van der Waals surface area (Å²) >= 11 is 0. The fourth-order valence-corrected chi connectivity index (χ4v) is 8.84. The fourth-order valence-electron chi connectivity index (χ4n) is 6.73. The van der Waals surface area contributed by atoms with Gasteiger partial charge in [-0.2, -0.15) is 9.29 Å². The molecule has 0 aliphatic carbocycles. The highest BCUT2D eigenvalue weighted by molar-refractivity contribution is 7.61. The van der Waals surface area contributed by atoms with Crippen molar-refractivity contribution in [2.75, 3.05) is 25.6 Å². The van der Waals surface area contributed by atoms with Crippen LogP contribution < -0.4 is 11.4 Å². The maximum Gasteiger partial charge on any atom is 0.481 e. The van der Waals surface area contributed by atoms with E-state index in [0.717, 1.165) is 68.6 Å². The van der Waals surface area contributed by atoms with E-state index >= 15 is 0 Å². The first-order chi connectivity index (χ1) is 33.1. The van der Waals surface area contributed by atoms with E-state index in [1.807, 2.05) is 12.2 Å². The Hall–Kier alpha value is -3.87. The first-order valence-electron chi connectivity index (χ1n) is 24.3. The van der Waals surface area contributed by atoms with Gasteiger partial charge < -0.3 is 39.9 Å². The molecule has 0 radical (unpaired) electrons. The second kappa shape index (κ2) is 36.1. The lowest BCUT2D eigenvalue weighted by atomic mass is 10.1. The summed E-state index contributed by atoms with van der Waals surface area (Å²) in [4.78, 5) is 74.1. The molecule has 1 aromatic heterocycles. The Balaban J connectivity index is 1.87. The Bertz CT molecular complexity index is 1950. The Kier molecular flexibility index (Phi) is 32.1. The van der Waals surface area contributed by atoms with Gasteiger partial charge in [0.2, 0.25) is 0 Å². The minimum absolute atomic E-state index is 0.0123. The molecule has 1 aliphatic rings. The van der Waals surface area contributed by atoms with Crippen molar-refractivity contribution in [3.05, 3.63) is 83.5 Å². The molecule has 1 saturated heterocycles. The van der Waals surface area contributed by atoms with Crippen molar-refractivity contribution in [1.29, 1.82) is 0 Å². The molecule has 0 bridgehead atoms. The highest BCUT2D eigenvalue weighted by atomic mass is 31.3. The maximum atomic E-state index is 12.8. The molecule has 1 aliphatic heterocycles. The van der Waals surface area contributed by atoms with E-state index < -0.39 is 83.7 Å². The molecule has 19 nitrogen and oxygen atoms in total. The van der Waals surface area contributed by atoms with Crippen molar-refractivity contribution >= 4 is 39.2 Å². The normalized spacial score (nSPS) is 19.8. The number of nitrogen functional groups attached to an aromatic ring is 1. The van der Waals surface area contributed by atoms with Crippen LogP contribution >= 0.6 is 15.6 Å². The lowest BCUT2D eigenvalue weighted by Crippen LogP contribution is -2.36. The molecule has 69 heavy (non-hydrogen) atoms. The van der Waals surface area contributed by atoms with E-state index in [0.29, 0.717) is 6.42 Å². The van der Waals surface area contributed by atoms with Crippen LogP contribution in [0.4, 0.5) is 5.82 Å². The number of phosphoric ester groups is 2. The SMILES string of the molecule is CCCCC/C=C\C/C=C\C/C=C\C=C\C(=O)CCCC(=O)OC[C@H](COP(=O)(O)OP(=O)(O)OC[C@H]1O[C@@H](n2ccc(N)nc2=O)[C@H](O)[C@@H]1O)OC(=O)CCCCCCC/C=C\CCCCCC. The zero-order chi connectivity index (χ0) is 50.8. The molecule has 1 aromatic rings. The smallest absolute Gasteiger partial charge is 0.462 e. The summed E-state index contributed by atoms with van der Waals surface area (Å²) in [5, 5.41) is 20.9. The quantitative estimate of drug-likeness (QED) is 0.0103. The number of rotatable bonds is 39. The van der Waals surface area contributed by atoms with Gasteiger partial charge in [0, 0.05) is 25.5 Å². The summed E-state index contributed by atoms with van der Waals surface area (Å²) in [6.45, 7) is 1.85. The molecule has 0 aromatic carbocycles. The van der Waals surface area contributed by atoms with E-state index in [4.69, 9.17) is 29.0 Å². The first kappa shape index (κ1) is 61.3. The Morgan fingerprint density at radius 1 is 0.739 bits per heavy atom. The number of aliphatic hydroxyl groups excluding tert-OH is 2. The summed E-state index contributed by atoms with van der Waals surface area (Å²) in [6.07, 6.45) is 30.3. The summed E-state index contributed by atoms with van der Waals surface area (Å²) in [5.41, 5.74) is 4.56. The van der Waals surface area contributed by atoms with E-state index in [1.54, 1.807) is 12.2 Å². The minimum Gasteiger partial charge on any atom is -0.462 e. The van der Waals surface area contributed by atoms with Gasteiger partial charge in [-0.3, -0.25) is 28.0 Å². The number of aliphatic hydroxyl groups is 2. The third-order valence-corrected chi connectivity index (χ3v) is 13.2. The lowest BCUT2D eigenvalue weighted by molar-refractivity contribution is -0.161. The number of hydrogen-bond donors (Lipinski definition) is 5. The van der Waals surface area contributed by atoms with Gasteiger partial charge in [0.25, 0.3) is 0 Å². The molecule has 2 heterocycles. The van der Waals surface area contributed by atoms with Crippen LogP contribution in [0.3, 0.4) is 0 Å². The van der Waals surface area contributed by atoms with Crippen LogP contribution in [0.15, 0.2) is 77.8 Å². The zero-order valence-corrected chi connectivity index (χ0v) is 42.1. The number of ether oxygens (including phenoxy) is 3. The van der Waals surface area contributed by atoms with E-state index in [1.165, 1.54) is 57.1 Å².